The average molecular weight is 456 g/mol. The van der Waals surface area contributed by atoms with Crippen molar-refractivity contribution in [2.45, 2.75) is 50.8 Å². The molecule has 2 fully saturated rings. The molecular formula is C21H23F3N2O6. The van der Waals surface area contributed by atoms with Gasteiger partial charge in [-0.05, 0) is 44.0 Å². The van der Waals surface area contributed by atoms with Crippen LogP contribution < -0.4 is 0 Å². The second-order valence-electron chi connectivity index (χ2n) is 7.36. The number of carbonyl (C=O) groups excluding carboxylic acids is 1. The first-order valence-electron chi connectivity index (χ1n) is 9.97. The number of amides is 1. The van der Waals surface area contributed by atoms with Crippen molar-refractivity contribution in [3.05, 3.63) is 53.7 Å². The molecule has 1 saturated heterocycles. The lowest BCUT2D eigenvalue weighted by atomic mass is 10.1. The number of ether oxygens (including phenoxy) is 2. The van der Waals surface area contributed by atoms with E-state index in [0.717, 1.165) is 24.3 Å². The summed E-state index contributed by atoms with van der Waals surface area (Å²) < 4.78 is 49.2. The number of aryl methyl sites for hydroxylation is 1. The molecular weight excluding hydrogens is 433 g/mol. The molecule has 2 aromatic rings. The number of halogens is 3. The van der Waals surface area contributed by atoms with Gasteiger partial charge in [-0.25, -0.2) is 4.79 Å². The van der Waals surface area contributed by atoms with E-state index >= 15 is 0 Å². The summed E-state index contributed by atoms with van der Waals surface area (Å²) in [4.78, 5) is 27.8. The Morgan fingerprint density at radius 1 is 1.25 bits per heavy atom. The van der Waals surface area contributed by atoms with Crippen LogP contribution in [-0.4, -0.2) is 64.4 Å². The van der Waals surface area contributed by atoms with Gasteiger partial charge in [0.1, 0.15) is 11.9 Å². The zero-order valence-corrected chi connectivity index (χ0v) is 17.2. The summed E-state index contributed by atoms with van der Waals surface area (Å²) in [7, 11) is 0. The molecule has 1 amide bonds. The first-order valence-corrected chi connectivity index (χ1v) is 9.97. The smallest absolute Gasteiger partial charge is 0.475 e. The van der Waals surface area contributed by atoms with E-state index in [0.29, 0.717) is 25.5 Å². The van der Waals surface area contributed by atoms with Crippen LogP contribution in [0.25, 0.3) is 0 Å². The van der Waals surface area contributed by atoms with Gasteiger partial charge in [-0.2, -0.15) is 13.2 Å². The van der Waals surface area contributed by atoms with Crippen LogP contribution in [0.2, 0.25) is 0 Å². The molecule has 1 saturated carbocycles. The van der Waals surface area contributed by atoms with Crippen LogP contribution in [-0.2, 0) is 20.9 Å². The molecule has 32 heavy (non-hydrogen) atoms. The van der Waals surface area contributed by atoms with E-state index in [1.165, 1.54) is 0 Å². The number of rotatable bonds is 4. The Labute approximate surface area is 181 Å². The number of morpholine rings is 1. The number of hydrogen-bond donors (Lipinski definition) is 1. The number of fused-ring (bicyclic) bond motifs is 1. The Balaban J connectivity index is 0.000000360. The lowest BCUT2D eigenvalue weighted by Crippen LogP contribution is -2.53. The summed E-state index contributed by atoms with van der Waals surface area (Å²) in [6.07, 6.45) is -1.66. The maximum absolute atomic E-state index is 12.8. The molecule has 0 spiro atoms. The second kappa shape index (κ2) is 10.1. The number of carboxylic acids is 1. The molecule has 174 valence electrons. The van der Waals surface area contributed by atoms with Crippen molar-refractivity contribution in [2.75, 3.05) is 13.2 Å². The van der Waals surface area contributed by atoms with Crippen molar-refractivity contribution in [3.8, 4) is 0 Å². The number of carbonyl (C=O) groups is 2. The van der Waals surface area contributed by atoms with Gasteiger partial charge in [0, 0.05) is 12.7 Å². The van der Waals surface area contributed by atoms with Crippen LogP contribution in [0.5, 0.6) is 0 Å². The summed E-state index contributed by atoms with van der Waals surface area (Å²) in [6, 6.07) is 9.39. The van der Waals surface area contributed by atoms with Crippen LogP contribution in [0.15, 0.2) is 40.9 Å². The van der Waals surface area contributed by atoms with Crippen molar-refractivity contribution >= 4 is 11.9 Å². The summed E-state index contributed by atoms with van der Waals surface area (Å²) in [5.41, 5.74) is 0.903. The van der Waals surface area contributed by atoms with Crippen LogP contribution in [0.4, 0.5) is 13.2 Å². The Morgan fingerprint density at radius 2 is 2.00 bits per heavy atom. The van der Waals surface area contributed by atoms with Crippen LogP contribution in [0.1, 0.15) is 34.9 Å². The maximum Gasteiger partial charge on any atom is 0.490 e. The second-order valence-corrected chi connectivity index (χ2v) is 7.36. The minimum absolute atomic E-state index is 0.0130. The fourth-order valence-electron chi connectivity index (χ4n) is 3.71. The van der Waals surface area contributed by atoms with Crippen LogP contribution in [0, 0.1) is 6.92 Å². The number of carboxylic acid groups (broad SMARTS) is 1. The van der Waals surface area contributed by atoms with E-state index in [9.17, 15) is 18.0 Å². The molecule has 0 radical (unpaired) electrons. The third-order valence-corrected chi connectivity index (χ3v) is 5.16. The van der Waals surface area contributed by atoms with Gasteiger partial charge in [0.25, 0.3) is 5.91 Å². The largest absolute Gasteiger partial charge is 0.490 e. The van der Waals surface area contributed by atoms with Gasteiger partial charge in [-0.15, -0.1) is 0 Å². The lowest BCUT2D eigenvalue weighted by Gasteiger charge is -2.38. The summed E-state index contributed by atoms with van der Waals surface area (Å²) in [6.45, 7) is 3.42. The Kier molecular flexibility index (Phi) is 7.52. The van der Waals surface area contributed by atoms with Gasteiger partial charge < -0.3 is 23.9 Å². The molecule has 3 heterocycles. The van der Waals surface area contributed by atoms with Crippen LogP contribution >= 0.6 is 0 Å². The van der Waals surface area contributed by atoms with Crippen molar-refractivity contribution in [1.82, 2.24) is 9.88 Å². The standard InChI is InChI=1S/C19H22N2O4.C2HF3O2/c1-13-5-7-17(25-13)19(22)21-10-11-23-18-15(21)6-8-16(18)24-12-14-4-2-3-9-20-14;3-2(4,5)1(6)7/h2-5,7,9,15-16,18H,6,8,10-12H2,1H3;(H,6,7)/t15-,16+,18+;/m0./s1. The highest BCUT2D eigenvalue weighted by Gasteiger charge is 2.45. The monoisotopic (exact) mass is 456 g/mol. The van der Waals surface area contributed by atoms with E-state index in [1.807, 2.05) is 36.1 Å². The van der Waals surface area contributed by atoms with Gasteiger partial charge in [0.05, 0.1) is 31.1 Å². The molecule has 0 aromatic carbocycles. The van der Waals surface area contributed by atoms with E-state index in [4.69, 9.17) is 23.8 Å². The number of furan rings is 1. The highest BCUT2D eigenvalue weighted by Crippen LogP contribution is 2.33. The lowest BCUT2D eigenvalue weighted by molar-refractivity contribution is -0.192. The molecule has 1 N–H and O–H groups in total. The quantitative estimate of drug-likeness (QED) is 0.754. The Hall–Kier alpha value is -2.92. The van der Waals surface area contributed by atoms with Crippen molar-refractivity contribution < 1.29 is 41.8 Å². The predicted molar refractivity (Wildman–Crippen MR) is 104 cm³/mol. The third-order valence-electron chi connectivity index (χ3n) is 5.16. The zero-order chi connectivity index (χ0) is 23.3. The van der Waals surface area contributed by atoms with E-state index in [-0.39, 0.29) is 24.2 Å². The number of aliphatic carboxylic acids is 1. The van der Waals surface area contributed by atoms with Gasteiger partial charge in [-0.1, -0.05) is 6.07 Å². The highest BCUT2D eigenvalue weighted by molar-refractivity contribution is 5.92. The molecule has 4 rings (SSSR count). The van der Waals surface area contributed by atoms with Gasteiger partial charge in [0.15, 0.2) is 5.76 Å². The molecule has 11 heteroatoms. The van der Waals surface area contributed by atoms with E-state index in [1.54, 1.807) is 12.3 Å². The topological polar surface area (TPSA) is 102 Å². The fraction of sp³-hybridized carbons (Fsp3) is 0.476. The van der Waals surface area contributed by atoms with E-state index in [2.05, 4.69) is 4.98 Å². The van der Waals surface area contributed by atoms with Crippen molar-refractivity contribution in [3.63, 3.8) is 0 Å². The number of alkyl halides is 3. The molecule has 0 unspecified atom stereocenters. The molecule has 1 aliphatic carbocycles. The summed E-state index contributed by atoms with van der Waals surface area (Å²) in [5, 5.41) is 7.12. The molecule has 1 aliphatic heterocycles. The first-order chi connectivity index (χ1) is 15.2. The molecule has 8 nitrogen and oxygen atoms in total. The fourth-order valence-corrected chi connectivity index (χ4v) is 3.71. The Morgan fingerprint density at radius 3 is 2.59 bits per heavy atom. The van der Waals surface area contributed by atoms with Crippen LogP contribution in [0.3, 0.4) is 0 Å². The average Bonchev–Trinajstić information content (AvgIpc) is 3.38. The molecule has 3 atom stereocenters. The molecule has 2 aromatic heterocycles. The number of hydrogen-bond acceptors (Lipinski definition) is 6. The SMILES string of the molecule is Cc1ccc(C(=O)N2CCO[C@H]3[C@H](OCc4ccccn4)CC[C@@H]32)o1.O=C(O)C(F)(F)F. The van der Waals surface area contributed by atoms with Gasteiger partial charge >= 0.3 is 12.1 Å². The summed E-state index contributed by atoms with van der Waals surface area (Å²) >= 11 is 0. The first kappa shape index (κ1) is 23.7. The molecule has 2 aliphatic rings. The molecule has 0 bridgehead atoms. The van der Waals surface area contributed by atoms with Crippen molar-refractivity contribution in [1.29, 1.82) is 0 Å². The van der Waals surface area contributed by atoms with Gasteiger partial charge in [-0.3, -0.25) is 9.78 Å². The van der Waals surface area contributed by atoms with Crippen molar-refractivity contribution in [2.24, 2.45) is 0 Å². The predicted octanol–water partition coefficient (Wildman–Crippen LogP) is 3.21. The minimum atomic E-state index is -5.08. The highest BCUT2D eigenvalue weighted by atomic mass is 19.4. The van der Waals surface area contributed by atoms with Gasteiger partial charge in [0.2, 0.25) is 0 Å². The number of aromatic nitrogens is 1. The summed E-state index contributed by atoms with van der Waals surface area (Å²) in [5.74, 6) is -1.67. The maximum atomic E-state index is 12.8. The zero-order valence-electron chi connectivity index (χ0n) is 17.2. The normalized spacial score (nSPS) is 22.6. The Bertz CT molecular complexity index is 918. The third kappa shape index (κ3) is 5.86. The number of nitrogens with zero attached hydrogens (tertiary/aromatic N) is 2. The van der Waals surface area contributed by atoms with E-state index < -0.39 is 12.1 Å². The minimum Gasteiger partial charge on any atom is -0.475 e. The number of pyridine rings is 1.